The highest BCUT2D eigenvalue weighted by molar-refractivity contribution is 5.82. The van der Waals surface area contributed by atoms with Crippen molar-refractivity contribution in [3.05, 3.63) is 36.5 Å². The quantitative estimate of drug-likeness (QED) is 0.909. The van der Waals surface area contributed by atoms with Crippen molar-refractivity contribution in [2.24, 2.45) is 0 Å². The van der Waals surface area contributed by atoms with Crippen molar-refractivity contribution < 1.29 is 8.78 Å². The van der Waals surface area contributed by atoms with Gasteiger partial charge < -0.3 is 5.32 Å². The topological polar surface area (TPSA) is 28.2 Å². The maximum atomic E-state index is 13.4. The van der Waals surface area contributed by atoms with Gasteiger partial charge in [-0.15, -0.1) is 0 Å². The number of nitrogens with zero attached hydrogens (tertiary/aromatic N) is 2. The van der Waals surface area contributed by atoms with E-state index in [9.17, 15) is 8.78 Å². The van der Waals surface area contributed by atoms with Crippen molar-refractivity contribution >= 4 is 16.6 Å². The number of aromatic nitrogens is 1. The first-order valence-corrected chi connectivity index (χ1v) is 8.82. The van der Waals surface area contributed by atoms with Crippen molar-refractivity contribution in [1.82, 2.24) is 9.88 Å². The lowest BCUT2D eigenvalue weighted by Gasteiger charge is -2.35. The molecule has 1 N–H and O–H groups in total. The van der Waals surface area contributed by atoms with Crippen LogP contribution in [-0.2, 0) is 0 Å². The first-order valence-electron chi connectivity index (χ1n) is 8.82. The van der Waals surface area contributed by atoms with Crippen molar-refractivity contribution in [1.29, 1.82) is 0 Å². The maximum Gasteiger partial charge on any atom is 0.261 e. The minimum Gasteiger partial charge on any atom is -0.382 e. The van der Waals surface area contributed by atoms with Crippen LogP contribution in [0.2, 0.25) is 0 Å². The van der Waals surface area contributed by atoms with Gasteiger partial charge in [-0.3, -0.25) is 9.88 Å². The number of hydrogen-bond acceptors (Lipinski definition) is 3. The predicted octanol–water partition coefficient (Wildman–Crippen LogP) is 4.30. The molecule has 128 valence electrons. The fourth-order valence-corrected chi connectivity index (χ4v) is 4.06. The van der Waals surface area contributed by atoms with E-state index in [4.69, 9.17) is 0 Å². The van der Waals surface area contributed by atoms with Gasteiger partial charge in [-0.05, 0) is 49.9 Å². The summed E-state index contributed by atoms with van der Waals surface area (Å²) in [6, 6.07) is 11.0. The van der Waals surface area contributed by atoms with Crippen LogP contribution in [0.1, 0.15) is 32.1 Å². The minimum absolute atomic E-state index is 0.0241. The Morgan fingerprint density at radius 2 is 1.96 bits per heavy atom. The molecule has 2 aromatic rings. The summed E-state index contributed by atoms with van der Waals surface area (Å²) in [6.45, 7) is 0.501. The molecule has 1 aromatic carbocycles. The molecule has 24 heavy (non-hydrogen) atoms. The summed E-state index contributed by atoms with van der Waals surface area (Å²) < 4.78 is 26.8. The van der Waals surface area contributed by atoms with Gasteiger partial charge in [0.2, 0.25) is 0 Å². The molecule has 0 bridgehead atoms. The molecule has 0 spiro atoms. The molecule has 2 aliphatic rings. The summed E-state index contributed by atoms with van der Waals surface area (Å²) in [5.41, 5.74) is 2.12. The Labute approximate surface area is 141 Å². The molecule has 3 nitrogen and oxygen atoms in total. The number of rotatable bonds is 3. The Morgan fingerprint density at radius 1 is 1.12 bits per heavy atom. The highest BCUT2D eigenvalue weighted by Crippen LogP contribution is 2.33. The molecular formula is C19H23F2N3. The molecule has 0 atom stereocenters. The molecule has 1 saturated carbocycles. The summed E-state index contributed by atoms with van der Waals surface area (Å²) >= 11 is 0. The fraction of sp³-hybridized carbons (Fsp3) is 0.526. The zero-order valence-electron chi connectivity index (χ0n) is 13.7. The molecular weight excluding hydrogens is 308 g/mol. The third-order valence-corrected chi connectivity index (χ3v) is 5.39. The molecule has 0 unspecified atom stereocenters. The lowest BCUT2D eigenvalue weighted by atomic mass is 9.90. The highest BCUT2D eigenvalue weighted by atomic mass is 19.3. The zero-order chi connectivity index (χ0) is 16.6. The summed E-state index contributed by atoms with van der Waals surface area (Å²) in [6.07, 6.45) is 5.91. The Morgan fingerprint density at radius 3 is 2.71 bits per heavy atom. The molecule has 1 aliphatic carbocycles. The summed E-state index contributed by atoms with van der Waals surface area (Å²) in [5, 5.41) is 4.74. The van der Waals surface area contributed by atoms with E-state index in [1.807, 2.05) is 17.0 Å². The minimum atomic E-state index is -2.48. The number of nitrogens with one attached hydrogen (secondary N) is 1. The third-order valence-electron chi connectivity index (χ3n) is 5.39. The standard InChI is InChI=1S/C19H23F2N3/c20-19(21)9-11-24(13-19)17-6-3-15(4-7-17)23-16-5-8-18-14(12-16)2-1-10-22-18/h1-2,5,8,10,12,15,17,23H,3-4,6-7,9,11,13H2. The Hall–Kier alpha value is -1.75. The highest BCUT2D eigenvalue weighted by Gasteiger charge is 2.41. The van der Waals surface area contributed by atoms with E-state index in [2.05, 4.69) is 28.5 Å². The maximum absolute atomic E-state index is 13.4. The second-order valence-electron chi connectivity index (χ2n) is 7.14. The van der Waals surface area contributed by atoms with E-state index in [-0.39, 0.29) is 13.0 Å². The monoisotopic (exact) mass is 331 g/mol. The molecule has 0 radical (unpaired) electrons. The number of hydrogen-bond donors (Lipinski definition) is 1. The van der Waals surface area contributed by atoms with Crippen LogP contribution in [0.5, 0.6) is 0 Å². The van der Waals surface area contributed by atoms with Crippen LogP contribution in [0.25, 0.3) is 10.9 Å². The predicted molar refractivity (Wildman–Crippen MR) is 92.5 cm³/mol. The largest absolute Gasteiger partial charge is 0.382 e. The first-order chi connectivity index (χ1) is 11.6. The van der Waals surface area contributed by atoms with E-state index in [1.165, 1.54) is 0 Å². The molecule has 1 aromatic heterocycles. The molecule has 5 heteroatoms. The summed E-state index contributed by atoms with van der Waals surface area (Å²) in [4.78, 5) is 6.34. The van der Waals surface area contributed by atoms with Crippen molar-refractivity contribution in [3.63, 3.8) is 0 Å². The number of anilines is 1. The molecule has 0 amide bonds. The number of alkyl halides is 2. The van der Waals surface area contributed by atoms with E-state index in [0.29, 0.717) is 18.6 Å². The van der Waals surface area contributed by atoms with Gasteiger partial charge in [0.05, 0.1) is 12.1 Å². The lowest BCUT2D eigenvalue weighted by Crippen LogP contribution is -2.40. The van der Waals surface area contributed by atoms with E-state index >= 15 is 0 Å². The molecule has 2 heterocycles. The van der Waals surface area contributed by atoms with Crippen LogP contribution in [-0.4, -0.2) is 41.0 Å². The van der Waals surface area contributed by atoms with Crippen molar-refractivity contribution in [3.8, 4) is 0 Å². The fourth-order valence-electron chi connectivity index (χ4n) is 4.06. The van der Waals surface area contributed by atoms with E-state index < -0.39 is 5.92 Å². The number of halogens is 2. The molecule has 1 saturated heterocycles. The van der Waals surface area contributed by atoms with Crippen LogP contribution in [0, 0.1) is 0 Å². The van der Waals surface area contributed by atoms with Crippen LogP contribution in [0.4, 0.5) is 14.5 Å². The smallest absolute Gasteiger partial charge is 0.261 e. The van der Waals surface area contributed by atoms with Gasteiger partial charge in [-0.2, -0.15) is 0 Å². The van der Waals surface area contributed by atoms with Gasteiger partial charge in [0.25, 0.3) is 5.92 Å². The number of pyridine rings is 1. The third kappa shape index (κ3) is 3.36. The van der Waals surface area contributed by atoms with Crippen LogP contribution in [0.15, 0.2) is 36.5 Å². The second kappa shape index (κ2) is 6.28. The van der Waals surface area contributed by atoms with Crippen LogP contribution >= 0.6 is 0 Å². The first kappa shape index (κ1) is 15.8. The summed E-state index contributed by atoms with van der Waals surface area (Å²) in [7, 11) is 0. The van der Waals surface area contributed by atoms with Gasteiger partial charge in [-0.25, -0.2) is 8.78 Å². The van der Waals surface area contributed by atoms with Gasteiger partial charge in [0.15, 0.2) is 0 Å². The van der Waals surface area contributed by atoms with E-state index in [1.54, 1.807) is 6.20 Å². The Bertz CT molecular complexity index is 711. The number of fused-ring (bicyclic) bond motifs is 1. The van der Waals surface area contributed by atoms with Gasteiger partial charge in [0, 0.05) is 42.3 Å². The molecule has 2 fully saturated rings. The van der Waals surface area contributed by atoms with Gasteiger partial charge in [0.1, 0.15) is 0 Å². The van der Waals surface area contributed by atoms with Crippen LogP contribution < -0.4 is 5.32 Å². The number of likely N-dealkylation sites (tertiary alicyclic amines) is 1. The van der Waals surface area contributed by atoms with Crippen LogP contribution in [0.3, 0.4) is 0 Å². The lowest BCUT2D eigenvalue weighted by molar-refractivity contribution is 0.00535. The second-order valence-corrected chi connectivity index (χ2v) is 7.14. The molecule has 4 rings (SSSR count). The average Bonchev–Trinajstić information content (AvgIpc) is 2.95. The van der Waals surface area contributed by atoms with Gasteiger partial charge in [-0.1, -0.05) is 6.07 Å². The van der Waals surface area contributed by atoms with Crippen molar-refractivity contribution in [2.75, 3.05) is 18.4 Å². The number of benzene rings is 1. The SMILES string of the molecule is FC1(F)CCN(C2CCC(Nc3ccc4ncccc4c3)CC2)C1. The molecule has 1 aliphatic heterocycles. The normalized spacial score (nSPS) is 27.4. The summed E-state index contributed by atoms with van der Waals surface area (Å²) in [5.74, 6) is -2.48. The van der Waals surface area contributed by atoms with Crippen molar-refractivity contribution in [2.45, 2.75) is 50.1 Å². The van der Waals surface area contributed by atoms with E-state index in [0.717, 1.165) is 42.3 Å². The average molecular weight is 331 g/mol. The van der Waals surface area contributed by atoms with Gasteiger partial charge >= 0.3 is 0 Å². The zero-order valence-corrected chi connectivity index (χ0v) is 13.7. The Balaban J connectivity index is 1.34. The Kier molecular flexibility index (Phi) is 4.12.